The van der Waals surface area contributed by atoms with E-state index in [0.717, 1.165) is 28.1 Å². The van der Waals surface area contributed by atoms with Crippen LogP contribution in [0.4, 0.5) is 0 Å². The van der Waals surface area contributed by atoms with Crippen molar-refractivity contribution in [1.29, 1.82) is 0 Å². The zero-order chi connectivity index (χ0) is 16.8. The Labute approximate surface area is 144 Å². The van der Waals surface area contributed by atoms with Gasteiger partial charge in [-0.15, -0.1) is 0 Å². The number of nitrogens with zero attached hydrogens (tertiary/aromatic N) is 3. The second-order valence-electron chi connectivity index (χ2n) is 5.98. The van der Waals surface area contributed by atoms with E-state index in [-0.39, 0.29) is 5.75 Å². The monoisotopic (exact) mass is 325 g/mol. The molecule has 0 amide bonds. The van der Waals surface area contributed by atoms with Gasteiger partial charge in [-0.1, -0.05) is 54.6 Å². The fourth-order valence-corrected chi connectivity index (χ4v) is 3.31. The molecule has 5 rings (SSSR count). The first-order valence-corrected chi connectivity index (χ1v) is 8.15. The molecule has 0 unspecified atom stereocenters. The zero-order valence-electron chi connectivity index (χ0n) is 13.4. The van der Waals surface area contributed by atoms with Crippen LogP contribution in [0.5, 0.6) is 5.75 Å². The first kappa shape index (κ1) is 13.9. The number of fused-ring (bicyclic) bond motifs is 3. The summed E-state index contributed by atoms with van der Waals surface area (Å²) in [5.74, 6) is 1.01. The van der Waals surface area contributed by atoms with Crippen molar-refractivity contribution in [2.45, 2.75) is 0 Å². The smallest absolute Gasteiger partial charge is 0.220 e. The third-order valence-electron chi connectivity index (χ3n) is 4.46. The van der Waals surface area contributed by atoms with Crippen LogP contribution in [0.2, 0.25) is 0 Å². The van der Waals surface area contributed by atoms with Gasteiger partial charge in [-0.25, -0.2) is 4.98 Å². The van der Waals surface area contributed by atoms with Crippen LogP contribution in [0.15, 0.2) is 85.1 Å². The van der Waals surface area contributed by atoms with Gasteiger partial charge in [0.1, 0.15) is 5.75 Å². The Bertz CT molecular complexity index is 1200. The highest BCUT2D eigenvalue weighted by Gasteiger charge is 2.18. The molecule has 0 saturated heterocycles. The Kier molecular flexibility index (Phi) is 2.91. The van der Waals surface area contributed by atoms with Crippen LogP contribution in [-0.2, 0) is 0 Å². The van der Waals surface area contributed by atoms with Crippen molar-refractivity contribution >= 4 is 16.8 Å². The minimum Gasteiger partial charge on any atom is -0.506 e. The van der Waals surface area contributed by atoms with E-state index in [1.54, 1.807) is 6.07 Å². The van der Waals surface area contributed by atoms with Crippen LogP contribution in [0.1, 0.15) is 0 Å². The average molecular weight is 325 g/mol. The van der Waals surface area contributed by atoms with Crippen LogP contribution in [0.3, 0.4) is 0 Å². The third-order valence-corrected chi connectivity index (χ3v) is 4.46. The van der Waals surface area contributed by atoms with E-state index in [9.17, 15) is 5.11 Å². The summed E-state index contributed by atoms with van der Waals surface area (Å²) < 4.78 is 4.08. The first-order valence-electron chi connectivity index (χ1n) is 8.15. The highest BCUT2D eigenvalue weighted by molar-refractivity contribution is 5.82. The van der Waals surface area contributed by atoms with Gasteiger partial charge < -0.3 is 5.11 Å². The molecule has 0 saturated carbocycles. The molecule has 5 aromatic rings. The number of hydrogen-bond acceptors (Lipinski definition) is 2. The first-order chi connectivity index (χ1) is 12.3. The zero-order valence-corrected chi connectivity index (χ0v) is 13.4. The topological polar surface area (TPSA) is 42.5 Å². The lowest BCUT2D eigenvalue weighted by Gasteiger charge is -2.10. The van der Waals surface area contributed by atoms with E-state index in [0.29, 0.717) is 5.69 Å². The Morgan fingerprint density at radius 3 is 2.32 bits per heavy atom. The van der Waals surface area contributed by atoms with Crippen LogP contribution >= 0.6 is 0 Å². The Balaban J connectivity index is 1.93. The van der Waals surface area contributed by atoms with Crippen molar-refractivity contribution in [3.05, 3.63) is 85.1 Å². The fraction of sp³-hybridized carbons (Fsp3) is 0. The van der Waals surface area contributed by atoms with Gasteiger partial charge >= 0.3 is 0 Å². The number of rotatable bonds is 2. The molecule has 2 aromatic heterocycles. The SMILES string of the molecule is Oc1ccccc1-n1c(-c2ccccc2)cn2c3ccccc3nc12. The van der Waals surface area contributed by atoms with Gasteiger partial charge in [0, 0.05) is 11.8 Å². The maximum absolute atomic E-state index is 10.4. The molecule has 0 bridgehead atoms. The van der Waals surface area contributed by atoms with Gasteiger partial charge in [0.05, 0.1) is 22.4 Å². The minimum atomic E-state index is 0.227. The fourth-order valence-electron chi connectivity index (χ4n) is 3.31. The van der Waals surface area contributed by atoms with Crippen molar-refractivity contribution in [3.63, 3.8) is 0 Å². The predicted octanol–water partition coefficient (Wildman–Crippen LogP) is 4.65. The third kappa shape index (κ3) is 2.04. The molecule has 0 aliphatic heterocycles. The number of imidazole rings is 2. The Hall–Kier alpha value is -3.53. The largest absolute Gasteiger partial charge is 0.506 e. The van der Waals surface area contributed by atoms with Crippen molar-refractivity contribution in [2.24, 2.45) is 0 Å². The lowest BCUT2D eigenvalue weighted by molar-refractivity contribution is 0.473. The summed E-state index contributed by atoms with van der Waals surface area (Å²) in [6.45, 7) is 0. The molecule has 0 aliphatic carbocycles. The van der Waals surface area contributed by atoms with Gasteiger partial charge in [-0.05, 0) is 24.3 Å². The van der Waals surface area contributed by atoms with Crippen molar-refractivity contribution in [2.75, 3.05) is 0 Å². The number of hydrogen-bond donors (Lipinski definition) is 1. The van der Waals surface area contributed by atoms with Gasteiger partial charge in [-0.3, -0.25) is 8.97 Å². The Morgan fingerprint density at radius 2 is 1.48 bits per heavy atom. The summed E-state index contributed by atoms with van der Waals surface area (Å²) in [6.07, 6.45) is 2.08. The highest BCUT2D eigenvalue weighted by Crippen LogP contribution is 2.32. The van der Waals surface area contributed by atoms with E-state index >= 15 is 0 Å². The molecule has 0 fully saturated rings. The van der Waals surface area contributed by atoms with Crippen molar-refractivity contribution < 1.29 is 5.11 Å². The van der Waals surface area contributed by atoms with E-state index in [4.69, 9.17) is 4.98 Å². The summed E-state index contributed by atoms with van der Waals surface area (Å²) in [6, 6.07) is 25.5. The van der Waals surface area contributed by atoms with Gasteiger partial charge in [0.2, 0.25) is 5.78 Å². The maximum Gasteiger partial charge on any atom is 0.220 e. The molecule has 120 valence electrons. The van der Waals surface area contributed by atoms with E-state index in [2.05, 4.69) is 28.8 Å². The second-order valence-corrected chi connectivity index (χ2v) is 5.98. The van der Waals surface area contributed by atoms with Crippen LogP contribution in [0, 0.1) is 0 Å². The lowest BCUT2D eigenvalue weighted by atomic mass is 10.1. The van der Waals surface area contributed by atoms with Crippen molar-refractivity contribution in [1.82, 2.24) is 14.0 Å². The molecule has 2 heterocycles. The molecule has 25 heavy (non-hydrogen) atoms. The van der Waals surface area contributed by atoms with Crippen molar-refractivity contribution in [3.8, 4) is 22.7 Å². The molecular formula is C21H15N3O. The molecule has 0 aliphatic rings. The summed E-state index contributed by atoms with van der Waals surface area (Å²) in [5, 5.41) is 10.4. The number of aromatic hydroxyl groups is 1. The quantitative estimate of drug-likeness (QED) is 0.513. The van der Waals surface area contributed by atoms with Gasteiger partial charge in [0.15, 0.2) is 0 Å². The molecular weight excluding hydrogens is 310 g/mol. The Morgan fingerprint density at radius 1 is 0.760 bits per heavy atom. The second kappa shape index (κ2) is 5.24. The highest BCUT2D eigenvalue weighted by atomic mass is 16.3. The number of phenols is 1. The molecule has 3 aromatic carbocycles. The number of aromatic nitrogens is 3. The molecule has 0 spiro atoms. The molecule has 0 radical (unpaired) electrons. The maximum atomic E-state index is 10.4. The standard InChI is InChI=1S/C21H15N3O/c25-20-13-7-6-12-18(20)24-19(15-8-2-1-3-9-15)14-23-17-11-5-4-10-16(17)22-21(23)24/h1-14,25H. The number of benzene rings is 3. The lowest BCUT2D eigenvalue weighted by Crippen LogP contribution is -1.98. The molecule has 4 nitrogen and oxygen atoms in total. The molecule has 0 atom stereocenters. The normalized spacial score (nSPS) is 11.4. The van der Waals surface area contributed by atoms with Gasteiger partial charge in [-0.2, -0.15) is 0 Å². The van der Waals surface area contributed by atoms with Gasteiger partial charge in [0.25, 0.3) is 0 Å². The number of para-hydroxylation sites is 4. The van der Waals surface area contributed by atoms with E-state index in [1.165, 1.54) is 0 Å². The summed E-state index contributed by atoms with van der Waals surface area (Å²) >= 11 is 0. The summed E-state index contributed by atoms with van der Waals surface area (Å²) in [5.41, 5.74) is 4.74. The predicted molar refractivity (Wildman–Crippen MR) is 99.1 cm³/mol. The summed E-state index contributed by atoms with van der Waals surface area (Å²) in [7, 11) is 0. The van der Waals surface area contributed by atoms with E-state index in [1.807, 2.05) is 59.2 Å². The minimum absolute atomic E-state index is 0.227. The van der Waals surface area contributed by atoms with Crippen LogP contribution in [-0.4, -0.2) is 19.1 Å². The van der Waals surface area contributed by atoms with Crippen LogP contribution < -0.4 is 0 Å². The molecule has 4 heteroatoms. The summed E-state index contributed by atoms with van der Waals surface area (Å²) in [4.78, 5) is 4.79. The molecule has 1 N–H and O–H groups in total. The van der Waals surface area contributed by atoms with Crippen LogP contribution in [0.25, 0.3) is 33.8 Å². The van der Waals surface area contributed by atoms with E-state index < -0.39 is 0 Å². The number of phenolic OH excluding ortho intramolecular Hbond substituents is 1. The average Bonchev–Trinajstić information content (AvgIpc) is 3.19.